The van der Waals surface area contributed by atoms with E-state index in [1.807, 2.05) is 4.72 Å². The number of allylic oxidation sites excluding steroid dienone is 1. The third-order valence-electron chi connectivity index (χ3n) is 11.6. The third kappa shape index (κ3) is 8.05. The molecule has 2 bridgehead atoms. The molecule has 316 valence electrons. The van der Waals surface area contributed by atoms with Gasteiger partial charge in [0.25, 0.3) is 5.91 Å². The molecule has 7 unspecified atom stereocenters. The number of amides is 4. The molecule has 4 fully saturated rings. The maximum Gasteiger partial charge on any atom is 0.408 e. The van der Waals surface area contributed by atoms with Gasteiger partial charge in [-0.25, -0.2) is 32.0 Å². The molecule has 4 amide bonds. The van der Waals surface area contributed by atoms with Crippen LogP contribution in [0.2, 0.25) is 0 Å². The monoisotopic (exact) mass is 838 g/mol. The summed E-state index contributed by atoms with van der Waals surface area (Å²) in [5.41, 5.74) is -3.91. The Hall–Kier alpha value is -4.59. The Morgan fingerprint density at radius 2 is 1.71 bits per heavy atom. The fourth-order valence-corrected chi connectivity index (χ4v) is 9.04. The number of carbonyl (C=O) groups is 4. The summed E-state index contributed by atoms with van der Waals surface area (Å²) in [7, 11) is -4.30. The zero-order chi connectivity index (χ0) is 42.0. The number of nitrogens with zero attached hydrogens (tertiary/aromatic N) is 3. The molecule has 7 rings (SSSR count). The van der Waals surface area contributed by atoms with Gasteiger partial charge in [0.1, 0.15) is 29.8 Å². The highest BCUT2D eigenvalue weighted by Crippen LogP contribution is 2.49. The molecule has 2 aromatic rings. The molecule has 1 aromatic carbocycles. The van der Waals surface area contributed by atoms with Crippen LogP contribution < -0.4 is 20.1 Å². The van der Waals surface area contributed by atoms with Crippen LogP contribution in [0, 0.1) is 11.3 Å². The quantitative estimate of drug-likeness (QED) is 0.283. The summed E-state index contributed by atoms with van der Waals surface area (Å²) in [6.07, 6.45) is -4.10. The standard InChI is InChI=1S/C38H46F4N6O9S/c1-35(2,3)28-32(50)48-19-20(17-24(48)30(49)46-37(18-21(37)29(39)40)33(51)47-58(53,54)36(4)14-15-36)56-31-27(43-22-9-5-6-10-23(22)44-31)38(41,42)13-8-16-55-25-11-7-12-26(25)57-34(52)45-28/h5-6,8-10,13,20-21,24-26,28-29H,7,11-12,14-19H2,1-4H3,(H,45,52)(H,46,49)(H,47,51). The van der Waals surface area contributed by atoms with Crippen molar-refractivity contribution in [2.75, 3.05) is 13.2 Å². The van der Waals surface area contributed by atoms with Gasteiger partial charge in [0.15, 0.2) is 5.69 Å². The first-order valence-corrected chi connectivity index (χ1v) is 20.7. The Bertz CT molecular complexity index is 2130. The molecule has 0 spiro atoms. The molecule has 1 aromatic heterocycles. The number of hydrogen-bond donors (Lipinski definition) is 3. The van der Waals surface area contributed by atoms with Gasteiger partial charge in [-0.3, -0.25) is 19.1 Å². The van der Waals surface area contributed by atoms with Crippen LogP contribution in [-0.4, -0.2) is 107 Å². The lowest BCUT2D eigenvalue weighted by molar-refractivity contribution is -0.143. The van der Waals surface area contributed by atoms with Crippen LogP contribution in [-0.2, 0) is 39.8 Å². The molecule has 3 heterocycles. The van der Waals surface area contributed by atoms with E-state index >= 15 is 8.78 Å². The minimum Gasteiger partial charge on any atom is -0.471 e. The second kappa shape index (κ2) is 14.9. The lowest BCUT2D eigenvalue weighted by atomic mass is 9.85. The number of fused-ring (bicyclic) bond motifs is 5. The predicted octanol–water partition coefficient (Wildman–Crippen LogP) is 3.86. The molecule has 2 aliphatic heterocycles. The number of hydrogen-bond acceptors (Lipinski definition) is 11. The first kappa shape index (κ1) is 41.6. The number of sulfonamides is 1. The number of alkyl halides is 4. The minimum atomic E-state index is -4.30. The van der Waals surface area contributed by atoms with E-state index in [0.29, 0.717) is 25.3 Å². The topological polar surface area (TPSA) is 195 Å². The number of alkyl carbamates (subject to hydrolysis) is 1. The van der Waals surface area contributed by atoms with Crippen LogP contribution in [0.15, 0.2) is 36.4 Å². The largest absolute Gasteiger partial charge is 0.471 e. The normalized spacial score (nSPS) is 30.9. The number of rotatable bonds is 6. The number of carbonyl (C=O) groups excluding carboxylic acids is 4. The summed E-state index contributed by atoms with van der Waals surface area (Å²) in [6, 6.07) is 3.27. The van der Waals surface area contributed by atoms with Crippen molar-refractivity contribution in [1.29, 1.82) is 0 Å². The Morgan fingerprint density at radius 3 is 2.34 bits per heavy atom. The average molecular weight is 839 g/mol. The van der Waals surface area contributed by atoms with Crippen molar-refractivity contribution < 1.29 is 59.4 Å². The van der Waals surface area contributed by atoms with Crippen LogP contribution in [0.4, 0.5) is 22.4 Å². The van der Waals surface area contributed by atoms with Gasteiger partial charge < -0.3 is 29.7 Å². The predicted molar refractivity (Wildman–Crippen MR) is 197 cm³/mol. The van der Waals surface area contributed by atoms with Crippen LogP contribution >= 0.6 is 0 Å². The van der Waals surface area contributed by atoms with E-state index in [2.05, 4.69) is 20.6 Å². The van der Waals surface area contributed by atoms with Crippen molar-refractivity contribution in [3.05, 3.63) is 42.1 Å². The van der Waals surface area contributed by atoms with E-state index in [1.165, 1.54) is 19.1 Å². The molecule has 0 radical (unpaired) electrons. The molecule has 1 saturated heterocycles. The summed E-state index contributed by atoms with van der Waals surface area (Å²) in [4.78, 5) is 65.3. The van der Waals surface area contributed by atoms with Crippen molar-refractivity contribution >= 4 is 44.9 Å². The first-order valence-electron chi connectivity index (χ1n) is 19.2. The van der Waals surface area contributed by atoms with Crippen molar-refractivity contribution in [2.24, 2.45) is 11.3 Å². The van der Waals surface area contributed by atoms with Gasteiger partial charge in [0.2, 0.25) is 34.1 Å². The van der Waals surface area contributed by atoms with Crippen molar-refractivity contribution in [1.82, 2.24) is 30.2 Å². The van der Waals surface area contributed by atoms with E-state index < -0.39 is 129 Å². The van der Waals surface area contributed by atoms with Gasteiger partial charge in [-0.2, -0.15) is 8.78 Å². The van der Waals surface area contributed by atoms with Crippen LogP contribution in [0.3, 0.4) is 0 Å². The Kier molecular flexibility index (Phi) is 10.7. The number of nitrogens with one attached hydrogen (secondary N) is 3. The SMILES string of the molecule is CC(C)(C)C1NC(=O)OC2CCCC2OCC=CC(F)(F)c2nc3ccccc3nc2OC2CC(C(=O)NC3(C(=O)NS(=O)(=O)C4(C)CC4)CC3C(F)F)N(C2)C1=O. The Balaban J connectivity index is 1.26. The molecule has 5 aliphatic rings. The molecule has 15 nitrogen and oxygen atoms in total. The average Bonchev–Trinajstić information content (AvgIpc) is 3.97. The molecular weight excluding hydrogens is 793 g/mol. The summed E-state index contributed by atoms with van der Waals surface area (Å²) in [5.74, 6) is -9.43. The highest BCUT2D eigenvalue weighted by molar-refractivity contribution is 7.91. The maximum atomic E-state index is 16.1. The van der Waals surface area contributed by atoms with Crippen LogP contribution in [0.5, 0.6) is 5.88 Å². The number of ether oxygens (including phenoxy) is 3. The molecule has 20 heteroatoms. The third-order valence-corrected chi connectivity index (χ3v) is 13.8. The zero-order valence-electron chi connectivity index (χ0n) is 32.3. The van der Waals surface area contributed by atoms with E-state index in [0.717, 1.165) is 11.0 Å². The number of para-hydroxylation sites is 2. The zero-order valence-corrected chi connectivity index (χ0v) is 33.1. The van der Waals surface area contributed by atoms with E-state index in [1.54, 1.807) is 32.9 Å². The number of halogens is 4. The number of benzene rings is 1. The lowest BCUT2D eigenvalue weighted by Crippen LogP contribution is -2.60. The first-order chi connectivity index (χ1) is 27.1. The fraction of sp³-hybridized carbons (Fsp3) is 0.632. The van der Waals surface area contributed by atoms with Crippen molar-refractivity contribution in [3.63, 3.8) is 0 Å². The summed E-state index contributed by atoms with van der Waals surface area (Å²) in [5, 5.41) is 4.94. The fourth-order valence-electron chi connectivity index (χ4n) is 7.73. The van der Waals surface area contributed by atoms with Gasteiger partial charge in [-0.15, -0.1) is 0 Å². The molecule has 58 heavy (non-hydrogen) atoms. The van der Waals surface area contributed by atoms with Crippen LogP contribution in [0.1, 0.15) is 78.3 Å². The van der Waals surface area contributed by atoms with Gasteiger partial charge in [-0.05, 0) is 69.1 Å². The van der Waals surface area contributed by atoms with Gasteiger partial charge in [-0.1, -0.05) is 39.0 Å². The van der Waals surface area contributed by atoms with Gasteiger partial charge in [0.05, 0.1) is 41.0 Å². The Morgan fingerprint density at radius 1 is 1.03 bits per heavy atom. The van der Waals surface area contributed by atoms with E-state index in [-0.39, 0.29) is 30.5 Å². The molecule has 7 atom stereocenters. The molecule has 3 aliphatic carbocycles. The van der Waals surface area contributed by atoms with E-state index in [9.17, 15) is 36.4 Å². The summed E-state index contributed by atoms with van der Waals surface area (Å²) < 4.78 is 105. The van der Waals surface area contributed by atoms with Crippen LogP contribution in [0.25, 0.3) is 11.0 Å². The lowest BCUT2D eigenvalue weighted by Gasteiger charge is -2.35. The highest BCUT2D eigenvalue weighted by atomic mass is 32.2. The van der Waals surface area contributed by atoms with E-state index in [4.69, 9.17) is 14.2 Å². The second-order valence-electron chi connectivity index (χ2n) is 17.1. The van der Waals surface area contributed by atoms with Gasteiger partial charge >= 0.3 is 12.0 Å². The molecule has 3 saturated carbocycles. The summed E-state index contributed by atoms with van der Waals surface area (Å²) >= 11 is 0. The Labute approximate surface area is 332 Å². The van der Waals surface area contributed by atoms with Crippen molar-refractivity contribution in [2.45, 2.75) is 126 Å². The maximum absolute atomic E-state index is 16.1. The minimum absolute atomic E-state index is 0.130. The number of aromatic nitrogens is 2. The highest BCUT2D eigenvalue weighted by Gasteiger charge is 2.67. The van der Waals surface area contributed by atoms with Gasteiger partial charge in [0, 0.05) is 6.42 Å². The summed E-state index contributed by atoms with van der Waals surface area (Å²) in [6.45, 7) is 5.63. The smallest absolute Gasteiger partial charge is 0.408 e. The van der Waals surface area contributed by atoms with Crippen molar-refractivity contribution in [3.8, 4) is 5.88 Å². The molecular formula is C38H46F4N6O9S. The second-order valence-corrected chi connectivity index (χ2v) is 19.3. The molecule has 3 N–H and O–H groups in total.